The number of esters is 1. The van der Waals surface area contributed by atoms with Gasteiger partial charge in [-0.15, -0.1) is 0 Å². The number of rotatable bonds is 8. The number of aryl methyl sites for hydroxylation is 1. The second-order valence-electron chi connectivity index (χ2n) is 5.99. The van der Waals surface area contributed by atoms with Crippen LogP contribution in [0.4, 0.5) is 0 Å². The number of benzene rings is 1. The molecular weight excluding hydrogens is 264 g/mol. The van der Waals surface area contributed by atoms with Crippen molar-refractivity contribution in [3.05, 3.63) is 35.9 Å². The maximum Gasteiger partial charge on any atom is 0.308 e. The lowest BCUT2D eigenvalue weighted by molar-refractivity contribution is -0.158. The van der Waals surface area contributed by atoms with E-state index in [2.05, 4.69) is 12.1 Å². The molecule has 0 bridgehead atoms. The summed E-state index contributed by atoms with van der Waals surface area (Å²) < 4.78 is 5.62. The number of aliphatic hydroxyl groups excluding tert-OH is 1. The van der Waals surface area contributed by atoms with E-state index in [4.69, 9.17) is 4.74 Å². The van der Waals surface area contributed by atoms with Crippen LogP contribution in [0, 0.1) is 11.8 Å². The number of carbonyl (C=O) groups is 1. The third kappa shape index (κ3) is 5.88. The van der Waals surface area contributed by atoms with Gasteiger partial charge in [0.15, 0.2) is 0 Å². The zero-order chi connectivity index (χ0) is 15.8. The first kappa shape index (κ1) is 17.7. The lowest BCUT2D eigenvalue weighted by Gasteiger charge is -2.28. The molecule has 1 aromatic carbocycles. The zero-order valence-electron chi connectivity index (χ0n) is 13.6. The Morgan fingerprint density at radius 3 is 2.33 bits per heavy atom. The topological polar surface area (TPSA) is 46.5 Å². The van der Waals surface area contributed by atoms with E-state index in [1.807, 2.05) is 45.9 Å². The molecule has 0 aliphatic heterocycles. The molecule has 0 radical (unpaired) electrons. The van der Waals surface area contributed by atoms with Gasteiger partial charge >= 0.3 is 5.97 Å². The van der Waals surface area contributed by atoms with Gasteiger partial charge in [0, 0.05) is 5.92 Å². The SMILES string of the molecule is CC[C@@H](O)[C@@H](C)[C@@H](CCc1ccccc1)OC(=O)C(C)C. The molecule has 21 heavy (non-hydrogen) atoms. The van der Waals surface area contributed by atoms with E-state index in [-0.39, 0.29) is 23.9 Å². The molecule has 0 saturated heterocycles. The fourth-order valence-electron chi connectivity index (χ4n) is 2.29. The minimum Gasteiger partial charge on any atom is -0.462 e. The Bertz CT molecular complexity index is 414. The van der Waals surface area contributed by atoms with Gasteiger partial charge in [-0.25, -0.2) is 0 Å². The van der Waals surface area contributed by atoms with Crippen molar-refractivity contribution in [3.8, 4) is 0 Å². The van der Waals surface area contributed by atoms with Gasteiger partial charge in [0.05, 0.1) is 12.0 Å². The molecule has 0 spiro atoms. The van der Waals surface area contributed by atoms with Crippen LogP contribution in [0.25, 0.3) is 0 Å². The summed E-state index contributed by atoms with van der Waals surface area (Å²) in [7, 11) is 0. The lowest BCUT2D eigenvalue weighted by Crippen LogP contribution is -2.34. The molecule has 3 heteroatoms. The van der Waals surface area contributed by atoms with Crippen LogP contribution in [0.2, 0.25) is 0 Å². The van der Waals surface area contributed by atoms with Crippen LogP contribution in [0.5, 0.6) is 0 Å². The first-order valence-electron chi connectivity index (χ1n) is 7.88. The second-order valence-corrected chi connectivity index (χ2v) is 5.99. The van der Waals surface area contributed by atoms with E-state index in [1.165, 1.54) is 5.56 Å². The maximum absolute atomic E-state index is 11.9. The van der Waals surface area contributed by atoms with Crippen molar-refractivity contribution in [1.82, 2.24) is 0 Å². The fourth-order valence-corrected chi connectivity index (χ4v) is 2.29. The van der Waals surface area contributed by atoms with Gasteiger partial charge in [0.25, 0.3) is 0 Å². The van der Waals surface area contributed by atoms with Gasteiger partial charge in [-0.2, -0.15) is 0 Å². The van der Waals surface area contributed by atoms with Crippen LogP contribution in [0.3, 0.4) is 0 Å². The summed E-state index contributed by atoms with van der Waals surface area (Å²) in [5.74, 6) is -0.389. The average Bonchev–Trinajstić information content (AvgIpc) is 2.50. The fraction of sp³-hybridized carbons (Fsp3) is 0.611. The first-order valence-corrected chi connectivity index (χ1v) is 7.88. The molecule has 1 rings (SSSR count). The van der Waals surface area contributed by atoms with Crippen molar-refractivity contribution in [1.29, 1.82) is 0 Å². The van der Waals surface area contributed by atoms with Crippen molar-refractivity contribution in [3.63, 3.8) is 0 Å². The van der Waals surface area contributed by atoms with Crippen LogP contribution in [0.15, 0.2) is 30.3 Å². The summed E-state index contributed by atoms with van der Waals surface area (Å²) in [4.78, 5) is 11.9. The van der Waals surface area contributed by atoms with Crippen LogP contribution in [0.1, 0.15) is 46.1 Å². The standard InChI is InChI=1S/C18H28O3/c1-5-16(19)14(4)17(21-18(20)13(2)3)12-11-15-9-7-6-8-10-15/h6-10,13-14,16-17,19H,5,11-12H2,1-4H3/t14-,16-,17-/m1/s1. The highest BCUT2D eigenvalue weighted by Crippen LogP contribution is 2.21. The Morgan fingerprint density at radius 1 is 1.19 bits per heavy atom. The molecule has 0 aromatic heterocycles. The molecule has 118 valence electrons. The van der Waals surface area contributed by atoms with E-state index in [0.29, 0.717) is 6.42 Å². The minimum atomic E-state index is -0.439. The largest absolute Gasteiger partial charge is 0.462 e. The molecule has 3 nitrogen and oxygen atoms in total. The van der Waals surface area contributed by atoms with Crippen molar-refractivity contribution in [2.45, 2.75) is 59.2 Å². The minimum absolute atomic E-state index is 0.0542. The molecule has 1 aromatic rings. The summed E-state index contributed by atoms with van der Waals surface area (Å²) >= 11 is 0. The number of hydrogen-bond acceptors (Lipinski definition) is 3. The molecule has 1 N–H and O–H groups in total. The molecule has 0 aliphatic carbocycles. The smallest absolute Gasteiger partial charge is 0.308 e. The highest BCUT2D eigenvalue weighted by Gasteiger charge is 2.27. The molecule has 0 unspecified atom stereocenters. The molecular formula is C18H28O3. The van der Waals surface area contributed by atoms with E-state index >= 15 is 0 Å². The van der Waals surface area contributed by atoms with Gasteiger partial charge < -0.3 is 9.84 Å². The first-order chi connectivity index (χ1) is 9.95. The number of hydrogen-bond donors (Lipinski definition) is 1. The summed E-state index contributed by atoms with van der Waals surface area (Å²) in [6.45, 7) is 7.56. The summed E-state index contributed by atoms with van der Waals surface area (Å²) in [5.41, 5.74) is 1.22. The van der Waals surface area contributed by atoms with Gasteiger partial charge in [-0.05, 0) is 24.8 Å². The van der Waals surface area contributed by atoms with E-state index in [0.717, 1.165) is 12.8 Å². The van der Waals surface area contributed by atoms with Crippen LogP contribution >= 0.6 is 0 Å². The van der Waals surface area contributed by atoms with Crippen LogP contribution in [-0.2, 0) is 16.0 Å². The van der Waals surface area contributed by atoms with Gasteiger partial charge in [-0.3, -0.25) is 4.79 Å². The summed E-state index contributed by atoms with van der Waals surface area (Å²) in [5, 5.41) is 10.1. The molecule has 0 fully saturated rings. The summed E-state index contributed by atoms with van der Waals surface area (Å²) in [6, 6.07) is 10.2. The Kier molecular flexibility index (Phi) is 7.44. The number of carbonyl (C=O) groups excluding carboxylic acids is 1. The lowest BCUT2D eigenvalue weighted by atomic mass is 9.91. The van der Waals surface area contributed by atoms with E-state index in [1.54, 1.807) is 0 Å². The third-order valence-corrected chi connectivity index (χ3v) is 3.91. The molecule has 0 saturated carbocycles. The molecule has 3 atom stereocenters. The Hall–Kier alpha value is -1.35. The van der Waals surface area contributed by atoms with Crippen molar-refractivity contribution >= 4 is 5.97 Å². The quantitative estimate of drug-likeness (QED) is 0.745. The zero-order valence-corrected chi connectivity index (χ0v) is 13.6. The average molecular weight is 292 g/mol. The van der Waals surface area contributed by atoms with Crippen molar-refractivity contribution in [2.75, 3.05) is 0 Å². The number of ether oxygens (including phenoxy) is 1. The van der Waals surface area contributed by atoms with E-state index < -0.39 is 6.10 Å². The third-order valence-electron chi connectivity index (χ3n) is 3.91. The Balaban J connectivity index is 2.69. The van der Waals surface area contributed by atoms with E-state index in [9.17, 15) is 9.90 Å². The normalized spacial score (nSPS) is 15.5. The second kappa shape index (κ2) is 8.83. The van der Waals surface area contributed by atoms with Crippen molar-refractivity contribution < 1.29 is 14.6 Å². The van der Waals surface area contributed by atoms with Crippen LogP contribution in [-0.4, -0.2) is 23.3 Å². The number of aliphatic hydroxyl groups is 1. The van der Waals surface area contributed by atoms with Crippen molar-refractivity contribution in [2.24, 2.45) is 11.8 Å². The maximum atomic E-state index is 11.9. The predicted molar refractivity (Wildman–Crippen MR) is 84.9 cm³/mol. The highest BCUT2D eigenvalue weighted by molar-refractivity contribution is 5.71. The Morgan fingerprint density at radius 2 is 1.81 bits per heavy atom. The molecule has 0 heterocycles. The summed E-state index contributed by atoms with van der Waals surface area (Å²) in [6.07, 6.45) is 1.57. The molecule has 0 aliphatic rings. The monoisotopic (exact) mass is 292 g/mol. The predicted octanol–water partition coefficient (Wildman–Crippen LogP) is 3.59. The van der Waals surface area contributed by atoms with Gasteiger partial charge in [0.2, 0.25) is 0 Å². The van der Waals surface area contributed by atoms with Gasteiger partial charge in [0.1, 0.15) is 6.10 Å². The van der Waals surface area contributed by atoms with Crippen LogP contribution < -0.4 is 0 Å². The Labute approximate surface area is 128 Å². The highest BCUT2D eigenvalue weighted by atomic mass is 16.5. The molecule has 0 amide bonds. The van der Waals surface area contributed by atoms with Gasteiger partial charge in [-0.1, -0.05) is 58.0 Å².